The highest BCUT2D eigenvalue weighted by Crippen LogP contribution is 2.31. The standard InChI is InChI=1S/C20H20N2O2S/c1-12-5-6-16(11-13(12)2)19(23)22-20-21-18(14(3)25-20)15-7-9-17(24-4)10-8-15/h5-11H,1-4H3,(H,21,22,23). The predicted molar refractivity (Wildman–Crippen MR) is 103 cm³/mol. The van der Waals surface area contributed by atoms with Gasteiger partial charge in [-0.1, -0.05) is 6.07 Å². The largest absolute Gasteiger partial charge is 0.497 e. The van der Waals surface area contributed by atoms with E-state index in [0.29, 0.717) is 10.7 Å². The van der Waals surface area contributed by atoms with Crippen molar-refractivity contribution in [3.63, 3.8) is 0 Å². The second-order valence-corrected chi connectivity index (χ2v) is 7.11. The molecule has 2 aromatic carbocycles. The van der Waals surface area contributed by atoms with Gasteiger partial charge >= 0.3 is 0 Å². The number of ether oxygens (including phenoxy) is 1. The number of carbonyl (C=O) groups excluding carboxylic acids is 1. The Balaban J connectivity index is 1.81. The van der Waals surface area contributed by atoms with Crippen molar-refractivity contribution in [2.75, 3.05) is 12.4 Å². The van der Waals surface area contributed by atoms with Crippen LogP contribution in [-0.2, 0) is 0 Å². The minimum Gasteiger partial charge on any atom is -0.497 e. The van der Waals surface area contributed by atoms with E-state index in [1.165, 1.54) is 16.9 Å². The van der Waals surface area contributed by atoms with E-state index in [1.807, 2.05) is 63.2 Å². The van der Waals surface area contributed by atoms with Gasteiger partial charge in [0.2, 0.25) is 0 Å². The number of methoxy groups -OCH3 is 1. The first-order valence-corrected chi connectivity index (χ1v) is 8.80. The van der Waals surface area contributed by atoms with E-state index in [0.717, 1.165) is 27.4 Å². The van der Waals surface area contributed by atoms with Crippen LogP contribution in [-0.4, -0.2) is 18.0 Å². The van der Waals surface area contributed by atoms with Crippen LogP contribution in [0.25, 0.3) is 11.3 Å². The van der Waals surface area contributed by atoms with E-state index in [-0.39, 0.29) is 5.91 Å². The third-order valence-electron chi connectivity index (χ3n) is 4.15. The normalized spacial score (nSPS) is 10.6. The lowest BCUT2D eigenvalue weighted by Crippen LogP contribution is -2.12. The fourth-order valence-corrected chi connectivity index (χ4v) is 3.35. The fourth-order valence-electron chi connectivity index (χ4n) is 2.52. The molecule has 0 fully saturated rings. The molecule has 1 heterocycles. The molecule has 0 spiro atoms. The number of amides is 1. The average molecular weight is 352 g/mol. The fraction of sp³-hybridized carbons (Fsp3) is 0.200. The second kappa shape index (κ2) is 7.07. The van der Waals surface area contributed by atoms with Crippen LogP contribution in [0.5, 0.6) is 5.75 Å². The number of nitrogens with zero attached hydrogens (tertiary/aromatic N) is 1. The van der Waals surface area contributed by atoms with Crippen LogP contribution in [0.1, 0.15) is 26.4 Å². The Kier molecular flexibility index (Phi) is 4.86. The molecule has 0 radical (unpaired) electrons. The second-order valence-electron chi connectivity index (χ2n) is 5.91. The topological polar surface area (TPSA) is 51.2 Å². The number of anilines is 1. The number of rotatable bonds is 4. The van der Waals surface area contributed by atoms with Gasteiger partial charge in [-0.3, -0.25) is 10.1 Å². The van der Waals surface area contributed by atoms with E-state index in [9.17, 15) is 4.79 Å². The summed E-state index contributed by atoms with van der Waals surface area (Å²) in [4.78, 5) is 18.1. The zero-order chi connectivity index (χ0) is 18.0. The highest BCUT2D eigenvalue weighted by molar-refractivity contribution is 7.16. The van der Waals surface area contributed by atoms with Gasteiger partial charge in [0.1, 0.15) is 5.75 Å². The Morgan fingerprint density at radius 1 is 1.04 bits per heavy atom. The van der Waals surface area contributed by atoms with Gasteiger partial charge in [-0.25, -0.2) is 4.98 Å². The molecule has 128 valence electrons. The molecule has 25 heavy (non-hydrogen) atoms. The van der Waals surface area contributed by atoms with E-state index >= 15 is 0 Å². The van der Waals surface area contributed by atoms with Crippen molar-refractivity contribution in [1.82, 2.24) is 4.98 Å². The van der Waals surface area contributed by atoms with Crippen molar-refractivity contribution in [3.8, 4) is 17.0 Å². The highest BCUT2D eigenvalue weighted by Gasteiger charge is 2.13. The molecule has 1 amide bonds. The van der Waals surface area contributed by atoms with Crippen LogP contribution in [0, 0.1) is 20.8 Å². The number of benzene rings is 2. The Morgan fingerprint density at radius 2 is 1.76 bits per heavy atom. The van der Waals surface area contributed by atoms with E-state index in [1.54, 1.807) is 7.11 Å². The molecule has 0 atom stereocenters. The summed E-state index contributed by atoms with van der Waals surface area (Å²) in [6.07, 6.45) is 0. The lowest BCUT2D eigenvalue weighted by atomic mass is 10.1. The maximum atomic E-state index is 12.5. The Morgan fingerprint density at radius 3 is 2.40 bits per heavy atom. The molecular weight excluding hydrogens is 332 g/mol. The van der Waals surface area contributed by atoms with Gasteiger partial charge in [-0.2, -0.15) is 0 Å². The van der Waals surface area contributed by atoms with Gasteiger partial charge in [0.15, 0.2) is 5.13 Å². The van der Waals surface area contributed by atoms with Crippen LogP contribution in [0.3, 0.4) is 0 Å². The molecule has 3 rings (SSSR count). The first kappa shape index (κ1) is 17.2. The number of aromatic nitrogens is 1. The Bertz CT molecular complexity index is 914. The van der Waals surface area contributed by atoms with Gasteiger partial charge in [-0.05, 0) is 68.3 Å². The molecule has 0 aliphatic carbocycles. The maximum Gasteiger partial charge on any atom is 0.257 e. The summed E-state index contributed by atoms with van der Waals surface area (Å²) in [5.74, 6) is 0.665. The molecule has 0 saturated heterocycles. The summed E-state index contributed by atoms with van der Waals surface area (Å²) in [7, 11) is 1.64. The van der Waals surface area contributed by atoms with Gasteiger partial charge in [0.25, 0.3) is 5.91 Å². The number of hydrogen-bond donors (Lipinski definition) is 1. The summed E-state index contributed by atoms with van der Waals surface area (Å²) in [6.45, 7) is 6.03. The molecular formula is C20H20N2O2S. The van der Waals surface area contributed by atoms with Crippen LogP contribution in [0.15, 0.2) is 42.5 Å². The number of carbonyl (C=O) groups is 1. The van der Waals surface area contributed by atoms with Gasteiger partial charge in [-0.15, -0.1) is 11.3 Å². The highest BCUT2D eigenvalue weighted by atomic mass is 32.1. The Labute approximate surface area is 151 Å². The molecule has 0 saturated carbocycles. The first-order valence-electron chi connectivity index (χ1n) is 7.98. The van der Waals surface area contributed by atoms with E-state index in [4.69, 9.17) is 4.74 Å². The minimum atomic E-state index is -0.141. The lowest BCUT2D eigenvalue weighted by Gasteiger charge is -2.05. The van der Waals surface area contributed by atoms with Crippen molar-refractivity contribution < 1.29 is 9.53 Å². The van der Waals surface area contributed by atoms with Crippen LogP contribution in [0.2, 0.25) is 0 Å². The monoisotopic (exact) mass is 352 g/mol. The van der Waals surface area contributed by atoms with Crippen LogP contribution >= 0.6 is 11.3 Å². The summed E-state index contributed by atoms with van der Waals surface area (Å²) < 4.78 is 5.19. The number of aryl methyl sites for hydroxylation is 3. The molecule has 0 bridgehead atoms. The van der Waals surface area contributed by atoms with Gasteiger partial charge in [0.05, 0.1) is 12.8 Å². The molecule has 4 nitrogen and oxygen atoms in total. The predicted octanol–water partition coefficient (Wildman–Crippen LogP) is 5.00. The molecule has 0 unspecified atom stereocenters. The van der Waals surface area contributed by atoms with Crippen LogP contribution in [0.4, 0.5) is 5.13 Å². The van der Waals surface area contributed by atoms with E-state index in [2.05, 4.69) is 10.3 Å². The van der Waals surface area contributed by atoms with E-state index < -0.39 is 0 Å². The lowest BCUT2D eigenvalue weighted by molar-refractivity contribution is 0.102. The summed E-state index contributed by atoms with van der Waals surface area (Å²) in [5.41, 5.74) is 4.79. The van der Waals surface area contributed by atoms with Crippen molar-refractivity contribution in [2.45, 2.75) is 20.8 Å². The first-order chi connectivity index (χ1) is 12.0. The molecule has 0 aliphatic rings. The smallest absolute Gasteiger partial charge is 0.257 e. The number of thiazole rings is 1. The summed E-state index contributed by atoms with van der Waals surface area (Å²) in [6, 6.07) is 13.4. The molecule has 1 aromatic heterocycles. The minimum absolute atomic E-state index is 0.141. The van der Waals surface area contributed by atoms with Crippen molar-refractivity contribution >= 4 is 22.4 Å². The molecule has 3 aromatic rings. The van der Waals surface area contributed by atoms with Crippen molar-refractivity contribution in [2.24, 2.45) is 0 Å². The molecule has 0 aliphatic heterocycles. The molecule has 5 heteroatoms. The Hall–Kier alpha value is -2.66. The third-order valence-corrected chi connectivity index (χ3v) is 5.04. The zero-order valence-corrected chi connectivity index (χ0v) is 15.5. The summed E-state index contributed by atoms with van der Waals surface area (Å²) >= 11 is 1.48. The quantitative estimate of drug-likeness (QED) is 0.719. The number of hydrogen-bond acceptors (Lipinski definition) is 4. The van der Waals surface area contributed by atoms with Crippen molar-refractivity contribution in [3.05, 3.63) is 64.0 Å². The third kappa shape index (κ3) is 3.72. The van der Waals surface area contributed by atoms with Crippen LogP contribution < -0.4 is 10.1 Å². The molecule has 1 N–H and O–H groups in total. The zero-order valence-electron chi connectivity index (χ0n) is 14.7. The van der Waals surface area contributed by atoms with Gasteiger partial charge < -0.3 is 4.74 Å². The summed E-state index contributed by atoms with van der Waals surface area (Å²) in [5, 5.41) is 3.51. The average Bonchev–Trinajstić information content (AvgIpc) is 2.97. The van der Waals surface area contributed by atoms with Gasteiger partial charge in [0, 0.05) is 16.0 Å². The number of nitrogens with one attached hydrogen (secondary N) is 1. The maximum absolute atomic E-state index is 12.5. The SMILES string of the molecule is COc1ccc(-c2nc(NC(=O)c3ccc(C)c(C)c3)sc2C)cc1. The van der Waals surface area contributed by atoms with Crippen molar-refractivity contribution in [1.29, 1.82) is 0 Å².